The molecule has 1 aromatic carbocycles. The maximum Gasteiger partial charge on any atom is 0.335 e. The van der Waals surface area contributed by atoms with Gasteiger partial charge in [0, 0.05) is 30.7 Å². The van der Waals surface area contributed by atoms with Crippen LogP contribution in [-0.2, 0) is 9.59 Å². The van der Waals surface area contributed by atoms with Crippen LogP contribution in [0.2, 0.25) is 0 Å². The average Bonchev–Trinajstić information content (AvgIpc) is 3.10. The lowest BCUT2D eigenvalue weighted by Crippen LogP contribution is -2.55. The number of ketones is 1. The van der Waals surface area contributed by atoms with Crippen LogP contribution in [0.15, 0.2) is 18.2 Å². The summed E-state index contributed by atoms with van der Waals surface area (Å²) in [5.41, 5.74) is -0.134. The van der Waals surface area contributed by atoms with E-state index in [1.807, 2.05) is 0 Å². The summed E-state index contributed by atoms with van der Waals surface area (Å²) < 4.78 is 0. The van der Waals surface area contributed by atoms with Crippen molar-refractivity contribution in [2.45, 2.75) is 51.0 Å². The van der Waals surface area contributed by atoms with Crippen LogP contribution in [0.4, 0.5) is 0 Å². The van der Waals surface area contributed by atoms with Gasteiger partial charge in [-0.05, 0) is 43.9 Å². The van der Waals surface area contributed by atoms with Gasteiger partial charge in [-0.25, -0.2) is 9.59 Å². The molecule has 1 amide bonds. The highest BCUT2D eigenvalue weighted by atomic mass is 16.6. The van der Waals surface area contributed by atoms with E-state index in [-0.39, 0.29) is 34.3 Å². The summed E-state index contributed by atoms with van der Waals surface area (Å²) in [6, 6.07) is 4.01. The molecule has 1 saturated heterocycles. The van der Waals surface area contributed by atoms with Crippen LogP contribution >= 0.6 is 0 Å². The summed E-state index contributed by atoms with van der Waals surface area (Å²) >= 11 is 0. The highest BCUT2D eigenvalue weighted by Gasteiger charge is 2.47. The molecule has 10 heteroatoms. The Hall–Kier alpha value is -3.30. The SMILES string of the molecule is Cc1ccc(C(=O)O)cc1C(=O)O.O=C1CCC(C[N+](=O)[O-])(N2CCCC2=O)CC1. The number of amides is 1. The van der Waals surface area contributed by atoms with Crippen LogP contribution < -0.4 is 0 Å². The van der Waals surface area contributed by atoms with Crippen LogP contribution in [0.5, 0.6) is 0 Å². The number of likely N-dealkylation sites (tertiary alicyclic amines) is 1. The number of aromatic carboxylic acids is 2. The Balaban J connectivity index is 0.000000222. The molecule has 0 unspecified atom stereocenters. The van der Waals surface area contributed by atoms with Gasteiger partial charge in [0.05, 0.1) is 11.1 Å². The van der Waals surface area contributed by atoms with Crippen molar-refractivity contribution >= 4 is 23.6 Å². The first-order valence-corrected chi connectivity index (χ1v) is 9.57. The number of aryl methyl sites for hydroxylation is 1. The number of carboxylic acid groups (broad SMARTS) is 2. The monoisotopic (exact) mass is 420 g/mol. The number of carboxylic acids is 2. The number of nitro groups is 1. The van der Waals surface area contributed by atoms with E-state index >= 15 is 0 Å². The van der Waals surface area contributed by atoms with Gasteiger partial charge >= 0.3 is 11.9 Å². The van der Waals surface area contributed by atoms with Crippen LogP contribution in [-0.4, -0.2) is 62.3 Å². The van der Waals surface area contributed by atoms with Gasteiger partial charge in [-0.3, -0.25) is 19.7 Å². The highest BCUT2D eigenvalue weighted by molar-refractivity contribution is 5.94. The summed E-state index contributed by atoms with van der Waals surface area (Å²) in [6.07, 6.45) is 2.85. The van der Waals surface area contributed by atoms with E-state index in [2.05, 4.69) is 0 Å². The molecule has 2 N–H and O–H groups in total. The maximum atomic E-state index is 11.8. The lowest BCUT2D eigenvalue weighted by molar-refractivity contribution is -0.495. The zero-order chi connectivity index (χ0) is 22.5. The van der Waals surface area contributed by atoms with Gasteiger partial charge < -0.3 is 15.1 Å². The minimum atomic E-state index is -1.12. The Labute approximate surface area is 172 Å². The Morgan fingerprint density at radius 3 is 2.23 bits per heavy atom. The molecule has 0 radical (unpaired) electrons. The van der Waals surface area contributed by atoms with E-state index in [0.29, 0.717) is 44.2 Å². The largest absolute Gasteiger partial charge is 0.478 e. The van der Waals surface area contributed by atoms with E-state index in [1.54, 1.807) is 11.8 Å². The third-order valence-electron chi connectivity index (χ3n) is 5.52. The van der Waals surface area contributed by atoms with Crippen molar-refractivity contribution in [3.63, 3.8) is 0 Å². The highest BCUT2D eigenvalue weighted by Crippen LogP contribution is 2.35. The van der Waals surface area contributed by atoms with Gasteiger partial charge in [-0.2, -0.15) is 0 Å². The molecule has 3 rings (SSSR count). The molecule has 1 aromatic rings. The molecule has 30 heavy (non-hydrogen) atoms. The molecule has 10 nitrogen and oxygen atoms in total. The van der Waals surface area contributed by atoms with Crippen molar-refractivity contribution in [1.29, 1.82) is 0 Å². The standard InChI is InChI=1S/C11H16N2O4.C9H8O4/c14-9-3-5-11(6-4-9,8-13(16)17)12-7-1-2-10(12)15;1-5-2-3-6(8(10)11)4-7(5)9(12)13/h1-8H2;2-4H,1H3,(H,10,11)(H,12,13). The Morgan fingerprint density at radius 1 is 1.13 bits per heavy atom. The molecule has 0 bridgehead atoms. The minimum Gasteiger partial charge on any atom is -0.478 e. The molecule has 0 atom stereocenters. The van der Waals surface area contributed by atoms with E-state index in [0.717, 1.165) is 12.5 Å². The number of carbonyl (C=O) groups is 4. The van der Waals surface area contributed by atoms with Gasteiger partial charge in [-0.15, -0.1) is 0 Å². The Kier molecular flexibility index (Phi) is 7.25. The predicted molar refractivity (Wildman–Crippen MR) is 104 cm³/mol. The molecule has 1 saturated carbocycles. The van der Waals surface area contributed by atoms with Crippen molar-refractivity contribution in [2.75, 3.05) is 13.1 Å². The molecule has 2 fully saturated rings. The molecular weight excluding hydrogens is 396 g/mol. The zero-order valence-corrected chi connectivity index (χ0v) is 16.6. The molecule has 1 aliphatic heterocycles. The van der Waals surface area contributed by atoms with Crippen molar-refractivity contribution in [2.24, 2.45) is 0 Å². The summed E-state index contributed by atoms with van der Waals surface area (Å²) in [5, 5.41) is 28.1. The molecular formula is C20H24N2O8. The summed E-state index contributed by atoms with van der Waals surface area (Å²) in [7, 11) is 0. The van der Waals surface area contributed by atoms with Crippen molar-refractivity contribution in [1.82, 2.24) is 4.90 Å². The van der Waals surface area contributed by atoms with Crippen molar-refractivity contribution in [3.05, 3.63) is 45.0 Å². The van der Waals surface area contributed by atoms with Gasteiger partial charge in [0.25, 0.3) is 0 Å². The second kappa shape index (κ2) is 9.47. The van der Waals surface area contributed by atoms with Crippen LogP contribution in [0.1, 0.15) is 64.8 Å². The van der Waals surface area contributed by atoms with Gasteiger partial charge in [0.15, 0.2) is 0 Å². The topological polar surface area (TPSA) is 155 Å². The second-order valence-corrected chi connectivity index (χ2v) is 7.54. The first kappa shape index (κ1) is 23.0. The Morgan fingerprint density at radius 2 is 1.77 bits per heavy atom. The fourth-order valence-corrected chi connectivity index (χ4v) is 3.88. The summed E-state index contributed by atoms with van der Waals surface area (Å²) in [6.45, 7) is 1.99. The number of benzene rings is 1. The van der Waals surface area contributed by atoms with Crippen LogP contribution in [0.3, 0.4) is 0 Å². The number of Topliss-reactive ketones (excluding diaryl/α,β-unsaturated/α-hetero) is 1. The van der Waals surface area contributed by atoms with Crippen molar-refractivity contribution in [3.8, 4) is 0 Å². The normalized spacial score (nSPS) is 17.8. The third kappa shape index (κ3) is 5.40. The first-order valence-electron chi connectivity index (χ1n) is 9.57. The lowest BCUT2D eigenvalue weighted by atomic mass is 9.79. The summed E-state index contributed by atoms with van der Waals surface area (Å²) in [5.74, 6) is -2.08. The van der Waals surface area contributed by atoms with Gasteiger partial charge in [0.1, 0.15) is 11.3 Å². The number of hydrogen-bond acceptors (Lipinski definition) is 6. The van der Waals surface area contributed by atoms with E-state index in [1.165, 1.54) is 12.1 Å². The predicted octanol–water partition coefficient (Wildman–Crippen LogP) is 2.16. The molecule has 1 heterocycles. The fraction of sp³-hybridized carbons (Fsp3) is 0.500. The molecule has 162 valence electrons. The number of carbonyl (C=O) groups excluding carboxylic acids is 2. The number of nitrogens with zero attached hydrogens (tertiary/aromatic N) is 2. The molecule has 0 aromatic heterocycles. The maximum absolute atomic E-state index is 11.8. The molecule has 2 aliphatic rings. The van der Waals surface area contributed by atoms with Gasteiger partial charge in [0.2, 0.25) is 12.5 Å². The summed E-state index contributed by atoms with van der Waals surface area (Å²) in [4.78, 5) is 56.2. The van der Waals surface area contributed by atoms with Crippen molar-refractivity contribution < 1.29 is 34.3 Å². The fourth-order valence-electron chi connectivity index (χ4n) is 3.88. The third-order valence-corrected chi connectivity index (χ3v) is 5.52. The van der Waals surface area contributed by atoms with Crippen LogP contribution in [0, 0.1) is 17.0 Å². The van der Waals surface area contributed by atoms with Gasteiger partial charge in [-0.1, -0.05) is 6.07 Å². The second-order valence-electron chi connectivity index (χ2n) is 7.54. The minimum absolute atomic E-state index is 0.00111. The molecule has 1 aliphatic carbocycles. The van der Waals surface area contributed by atoms with E-state index < -0.39 is 17.5 Å². The number of rotatable bonds is 5. The smallest absolute Gasteiger partial charge is 0.335 e. The van der Waals surface area contributed by atoms with E-state index in [9.17, 15) is 29.3 Å². The lowest BCUT2D eigenvalue weighted by Gasteiger charge is -2.41. The number of hydrogen-bond donors (Lipinski definition) is 2. The zero-order valence-electron chi connectivity index (χ0n) is 16.6. The Bertz CT molecular complexity index is 870. The first-order chi connectivity index (χ1) is 14.1. The van der Waals surface area contributed by atoms with E-state index in [4.69, 9.17) is 10.2 Å². The molecule has 0 spiro atoms. The quantitative estimate of drug-likeness (QED) is 0.542. The average molecular weight is 420 g/mol. The van der Waals surface area contributed by atoms with Crippen LogP contribution in [0.25, 0.3) is 0 Å².